The summed E-state index contributed by atoms with van der Waals surface area (Å²) in [4.78, 5) is 25.4. The first-order chi connectivity index (χ1) is 19.6. The average molecular weight is 529 g/mol. The Kier molecular flexibility index (Phi) is 8.49. The van der Waals surface area contributed by atoms with E-state index in [2.05, 4.69) is 10.6 Å². The van der Waals surface area contributed by atoms with Crippen molar-refractivity contribution in [3.63, 3.8) is 0 Å². The number of hydrogen-bond donors (Lipinski definition) is 2. The average Bonchev–Trinajstić information content (AvgIpc) is 3.01. The van der Waals surface area contributed by atoms with Crippen molar-refractivity contribution in [1.29, 1.82) is 0 Å². The molecule has 0 aliphatic carbocycles. The highest BCUT2D eigenvalue weighted by atomic mass is 16.5. The molecule has 6 nitrogen and oxygen atoms in total. The number of hydrogen-bond acceptors (Lipinski definition) is 4. The van der Waals surface area contributed by atoms with E-state index in [0.717, 1.165) is 11.1 Å². The van der Waals surface area contributed by atoms with Crippen molar-refractivity contribution >= 4 is 23.2 Å². The molecule has 0 spiro atoms. The predicted molar refractivity (Wildman–Crippen MR) is 157 cm³/mol. The summed E-state index contributed by atoms with van der Waals surface area (Å²) < 4.78 is 11.6. The number of ether oxygens (including phenoxy) is 2. The van der Waals surface area contributed by atoms with Crippen LogP contribution in [0.5, 0.6) is 11.5 Å². The normalized spacial score (nSPS) is 10.4. The lowest BCUT2D eigenvalue weighted by Crippen LogP contribution is -2.14. The van der Waals surface area contributed by atoms with Crippen LogP contribution in [0.15, 0.2) is 133 Å². The van der Waals surface area contributed by atoms with Crippen LogP contribution in [0.2, 0.25) is 0 Å². The van der Waals surface area contributed by atoms with Gasteiger partial charge in [-0.05, 0) is 83.9 Å². The van der Waals surface area contributed by atoms with E-state index in [4.69, 9.17) is 9.47 Å². The highest BCUT2D eigenvalue weighted by Gasteiger charge is 2.10. The van der Waals surface area contributed by atoms with E-state index in [9.17, 15) is 9.59 Å². The monoisotopic (exact) mass is 528 g/mol. The molecule has 0 radical (unpaired) electrons. The first kappa shape index (κ1) is 26.3. The van der Waals surface area contributed by atoms with E-state index in [1.165, 1.54) is 0 Å². The van der Waals surface area contributed by atoms with Gasteiger partial charge in [0.05, 0.1) is 0 Å². The zero-order valence-electron chi connectivity index (χ0n) is 21.7. The second-order valence-corrected chi connectivity index (χ2v) is 9.08. The van der Waals surface area contributed by atoms with Gasteiger partial charge in [-0.15, -0.1) is 0 Å². The highest BCUT2D eigenvalue weighted by Crippen LogP contribution is 2.20. The molecular formula is C34H28N2O4. The lowest BCUT2D eigenvalue weighted by atomic mass is 10.1. The number of nitrogens with one attached hydrogen (secondary N) is 2. The smallest absolute Gasteiger partial charge is 0.255 e. The molecule has 0 heterocycles. The summed E-state index contributed by atoms with van der Waals surface area (Å²) in [6.45, 7) is 0.946. The Hall–Kier alpha value is -5.36. The van der Waals surface area contributed by atoms with Gasteiger partial charge in [-0.2, -0.15) is 0 Å². The molecule has 0 saturated heterocycles. The molecule has 198 valence electrons. The Morgan fingerprint density at radius 1 is 0.450 bits per heavy atom. The first-order valence-corrected chi connectivity index (χ1v) is 12.9. The minimum absolute atomic E-state index is 0.268. The third-order valence-electron chi connectivity index (χ3n) is 6.13. The molecule has 2 N–H and O–H groups in total. The molecule has 0 aliphatic rings. The molecule has 5 aromatic rings. The molecule has 0 atom stereocenters. The maximum absolute atomic E-state index is 12.7. The maximum atomic E-state index is 12.7. The summed E-state index contributed by atoms with van der Waals surface area (Å²) >= 11 is 0. The molecule has 0 aromatic heterocycles. The summed E-state index contributed by atoms with van der Waals surface area (Å²) in [7, 11) is 0. The number of carbonyl (C=O) groups is 2. The van der Waals surface area contributed by atoms with Gasteiger partial charge in [0.1, 0.15) is 24.7 Å². The summed E-state index contributed by atoms with van der Waals surface area (Å²) in [5, 5.41) is 5.73. The van der Waals surface area contributed by atoms with E-state index >= 15 is 0 Å². The van der Waals surface area contributed by atoms with Crippen molar-refractivity contribution in [3.8, 4) is 11.5 Å². The van der Waals surface area contributed by atoms with Gasteiger partial charge in [-0.25, -0.2) is 0 Å². The molecule has 6 heteroatoms. The second-order valence-electron chi connectivity index (χ2n) is 9.08. The van der Waals surface area contributed by atoms with Gasteiger partial charge in [0, 0.05) is 22.5 Å². The van der Waals surface area contributed by atoms with Gasteiger partial charge in [0.2, 0.25) is 0 Å². The van der Waals surface area contributed by atoms with Gasteiger partial charge in [-0.3, -0.25) is 9.59 Å². The fourth-order valence-electron chi connectivity index (χ4n) is 3.93. The van der Waals surface area contributed by atoms with Crippen LogP contribution in [-0.4, -0.2) is 11.8 Å². The minimum Gasteiger partial charge on any atom is -0.489 e. The SMILES string of the molecule is O=C(Nc1ccc(OCc2ccccc2)cc1)c1ccc(C(=O)Nc2ccc(OCc3ccccc3)cc2)cc1. The summed E-state index contributed by atoms with van der Waals surface area (Å²) in [6, 6.07) is 40.8. The van der Waals surface area contributed by atoms with E-state index < -0.39 is 0 Å². The molecule has 5 aromatic carbocycles. The van der Waals surface area contributed by atoms with Crippen LogP contribution < -0.4 is 20.1 Å². The summed E-state index contributed by atoms with van der Waals surface area (Å²) in [6.07, 6.45) is 0. The van der Waals surface area contributed by atoms with Crippen LogP contribution in [0.3, 0.4) is 0 Å². The van der Waals surface area contributed by atoms with Crippen molar-refractivity contribution in [3.05, 3.63) is 156 Å². The molecular weight excluding hydrogens is 500 g/mol. The minimum atomic E-state index is -0.268. The maximum Gasteiger partial charge on any atom is 0.255 e. The quantitative estimate of drug-likeness (QED) is 0.199. The van der Waals surface area contributed by atoms with Gasteiger partial charge in [0.25, 0.3) is 11.8 Å². The number of anilines is 2. The predicted octanol–water partition coefficient (Wildman–Crippen LogP) is 7.35. The molecule has 0 fully saturated rings. The van der Waals surface area contributed by atoms with Crippen LogP contribution in [0.4, 0.5) is 11.4 Å². The van der Waals surface area contributed by atoms with Crippen LogP contribution in [-0.2, 0) is 13.2 Å². The van der Waals surface area contributed by atoms with Crippen LogP contribution in [0, 0.1) is 0 Å². The Labute approximate surface area is 233 Å². The van der Waals surface area contributed by atoms with E-state index in [1.807, 2.05) is 84.9 Å². The fraction of sp³-hybridized carbons (Fsp3) is 0.0588. The molecule has 0 aliphatic heterocycles. The van der Waals surface area contributed by atoms with E-state index in [1.54, 1.807) is 48.5 Å². The van der Waals surface area contributed by atoms with Crippen molar-refractivity contribution < 1.29 is 19.1 Å². The van der Waals surface area contributed by atoms with Crippen molar-refractivity contribution in [2.45, 2.75) is 13.2 Å². The van der Waals surface area contributed by atoms with Gasteiger partial charge in [-0.1, -0.05) is 60.7 Å². The van der Waals surface area contributed by atoms with Crippen molar-refractivity contribution in [2.75, 3.05) is 10.6 Å². The number of benzene rings is 5. The first-order valence-electron chi connectivity index (χ1n) is 12.9. The number of carbonyl (C=O) groups excluding carboxylic acids is 2. The lowest BCUT2D eigenvalue weighted by molar-refractivity contribution is 0.101. The highest BCUT2D eigenvalue weighted by molar-refractivity contribution is 6.07. The molecule has 0 saturated carbocycles. The second kappa shape index (κ2) is 12.9. The molecule has 2 amide bonds. The third-order valence-corrected chi connectivity index (χ3v) is 6.13. The Morgan fingerprint density at radius 2 is 0.800 bits per heavy atom. The zero-order valence-corrected chi connectivity index (χ0v) is 21.7. The zero-order chi connectivity index (χ0) is 27.6. The third kappa shape index (κ3) is 7.36. The Bertz CT molecular complexity index is 1410. The van der Waals surface area contributed by atoms with Gasteiger partial charge >= 0.3 is 0 Å². The van der Waals surface area contributed by atoms with Crippen molar-refractivity contribution in [2.24, 2.45) is 0 Å². The van der Waals surface area contributed by atoms with Crippen molar-refractivity contribution in [1.82, 2.24) is 0 Å². The molecule has 0 bridgehead atoms. The molecule has 40 heavy (non-hydrogen) atoms. The lowest BCUT2D eigenvalue weighted by Gasteiger charge is -2.10. The van der Waals surface area contributed by atoms with Crippen LogP contribution in [0.25, 0.3) is 0 Å². The fourth-order valence-corrected chi connectivity index (χ4v) is 3.93. The Balaban J connectivity index is 1.10. The van der Waals surface area contributed by atoms with E-state index in [-0.39, 0.29) is 11.8 Å². The van der Waals surface area contributed by atoms with Crippen LogP contribution in [0.1, 0.15) is 31.8 Å². The topological polar surface area (TPSA) is 76.7 Å². The number of rotatable bonds is 10. The summed E-state index contributed by atoms with van der Waals surface area (Å²) in [5.41, 5.74) is 4.35. The largest absolute Gasteiger partial charge is 0.489 e. The standard InChI is InChI=1S/C34H28N2O4/c37-33(35-29-15-19-31(20-16-29)39-23-25-7-3-1-4-8-25)27-11-13-28(14-12-27)34(38)36-30-17-21-32(22-18-30)40-24-26-9-5-2-6-10-26/h1-22H,23-24H2,(H,35,37)(H,36,38). The van der Waals surface area contributed by atoms with E-state index in [0.29, 0.717) is 47.2 Å². The summed E-state index contributed by atoms with van der Waals surface area (Å²) in [5.74, 6) is 0.894. The molecule has 5 rings (SSSR count). The van der Waals surface area contributed by atoms with Gasteiger partial charge < -0.3 is 20.1 Å². The number of amides is 2. The van der Waals surface area contributed by atoms with Crippen LogP contribution >= 0.6 is 0 Å². The Morgan fingerprint density at radius 3 is 1.15 bits per heavy atom. The van der Waals surface area contributed by atoms with Gasteiger partial charge in [0.15, 0.2) is 0 Å². The molecule has 0 unspecified atom stereocenters.